The summed E-state index contributed by atoms with van der Waals surface area (Å²) in [6.07, 6.45) is 1.49. The normalized spacial score (nSPS) is 12.5. The average Bonchev–Trinajstić information content (AvgIpc) is 2.22. The van der Waals surface area contributed by atoms with Gasteiger partial charge in [-0.3, -0.25) is 0 Å². The third-order valence-electron chi connectivity index (χ3n) is 2.09. The summed E-state index contributed by atoms with van der Waals surface area (Å²) in [6, 6.07) is 2.00. The number of aliphatic hydroxyl groups is 1. The maximum Gasteiger partial charge on any atom is 0.126 e. The van der Waals surface area contributed by atoms with Gasteiger partial charge >= 0.3 is 0 Å². The average molecular weight is 288 g/mol. The quantitative estimate of drug-likeness (QED) is 0.695. The Balaban J connectivity index is 2.24. The van der Waals surface area contributed by atoms with Crippen LogP contribution in [-0.4, -0.2) is 35.8 Å². The summed E-state index contributed by atoms with van der Waals surface area (Å²) < 4.78 is 1.02. The molecule has 0 radical (unpaired) electrons. The number of aryl methyl sites for hydroxylation is 1. The predicted octanol–water partition coefficient (Wildman–Crippen LogP) is 1.53. The molecule has 1 heterocycles. The lowest BCUT2D eigenvalue weighted by atomic mass is 10.3. The summed E-state index contributed by atoms with van der Waals surface area (Å²) in [5, 5.41) is 15.4. The number of anilines is 1. The van der Waals surface area contributed by atoms with Crippen LogP contribution in [0.5, 0.6) is 0 Å². The van der Waals surface area contributed by atoms with E-state index in [0.717, 1.165) is 28.9 Å². The van der Waals surface area contributed by atoms with Crippen LogP contribution in [0.25, 0.3) is 0 Å². The molecule has 1 atom stereocenters. The van der Waals surface area contributed by atoms with Crippen molar-refractivity contribution in [1.82, 2.24) is 10.3 Å². The zero-order valence-electron chi connectivity index (χ0n) is 9.63. The maximum atomic E-state index is 9.04. The Bertz CT molecular complexity index is 331. The van der Waals surface area contributed by atoms with E-state index in [1.165, 1.54) is 0 Å². The molecule has 0 aromatic carbocycles. The Hall–Kier alpha value is -0.650. The van der Waals surface area contributed by atoms with Crippen LogP contribution >= 0.6 is 15.9 Å². The van der Waals surface area contributed by atoms with Crippen LogP contribution in [0.1, 0.15) is 12.5 Å². The third kappa shape index (κ3) is 4.92. The lowest BCUT2D eigenvalue weighted by Gasteiger charge is -2.09. The molecule has 0 aliphatic heterocycles. The third-order valence-corrected chi connectivity index (χ3v) is 2.92. The molecule has 1 rings (SSSR count). The van der Waals surface area contributed by atoms with Crippen LogP contribution in [0.2, 0.25) is 0 Å². The van der Waals surface area contributed by atoms with Crippen LogP contribution in [0.4, 0.5) is 5.82 Å². The van der Waals surface area contributed by atoms with Gasteiger partial charge in [0.05, 0.1) is 6.10 Å². The van der Waals surface area contributed by atoms with Gasteiger partial charge in [0.15, 0.2) is 0 Å². The van der Waals surface area contributed by atoms with Crippen molar-refractivity contribution in [3.63, 3.8) is 0 Å². The van der Waals surface area contributed by atoms with E-state index in [-0.39, 0.29) is 6.10 Å². The van der Waals surface area contributed by atoms with Crippen molar-refractivity contribution < 1.29 is 5.11 Å². The lowest BCUT2D eigenvalue weighted by molar-refractivity contribution is 0.192. The molecule has 0 fully saturated rings. The highest BCUT2D eigenvalue weighted by atomic mass is 79.9. The number of hydrogen-bond acceptors (Lipinski definition) is 4. The van der Waals surface area contributed by atoms with E-state index < -0.39 is 0 Å². The molecule has 3 N–H and O–H groups in total. The van der Waals surface area contributed by atoms with Gasteiger partial charge in [-0.1, -0.05) is 0 Å². The Labute approximate surface area is 105 Å². The van der Waals surface area contributed by atoms with E-state index in [9.17, 15) is 0 Å². The fraction of sp³-hybridized carbons (Fsp3) is 0.545. The van der Waals surface area contributed by atoms with E-state index in [4.69, 9.17) is 5.11 Å². The van der Waals surface area contributed by atoms with Gasteiger partial charge < -0.3 is 15.7 Å². The number of nitrogens with one attached hydrogen (secondary N) is 2. The smallest absolute Gasteiger partial charge is 0.126 e. The molecule has 1 unspecified atom stereocenters. The molecule has 16 heavy (non-hydrogen) atoms. The van der Waals surface area contributed by atoms with Crippen molar-refractivity contribution in [2.24, 2.45) is 0 Å². The first-order valence-corrected chi connectivity index (χ1v) is 6.13. The molecule has 0 saturated carbocycles. The summed E-state index contributed by atoms with van der Waals surface area (Å²) in [4.78, 5) is 4.24. The van der Waals surface area contributed by atoms with Crippen molar-refractivity contribution in [2.45, 2.75) is 20.0 Å². The predicted molar refractivity (Wildman–Crippen MR) is 69.7 cm³/mol. The first-order chi connectivity index (χ1) is 7.59. The topological polar surface area (TPSA) is 57.2 Å². The van der Waals surface area contributed by atoms with E-state index in [2.05, 4.69) is 31.5 Å². The molecule has 0 aliphatic carbocycles. The molecule has 0 saturated heterocycles. The van der Waals surface area contributed by atoms with Crippen molar-refractivity contribution in [3.05, 3.63) is 22.3 Å². The number of nitrogens with zero attached hydrogens (tertiary/aromatic N) is 1. The molecule has 1 aromatic rings. The highest BCUT2D eigenvalue weighted by Crippen LogP contribution is 2.16. The number of pyridine rings is 1. The summed E-state index contributed by atoms with van der Waals surface area (Å²) >= 11 is 3.41. The monoisotopic (exact) mass is 287 g/mol. The molecule has 4 nitrogen and oxygen atoms in total. The second kappa shape index (κ2) is 6.83. The van der Waals surface area contributed by atoms with Crippen LogP contribution in [0.3, 0.4) is 0 Å². The van der Waals surface area contributed by atoms with Gasteiger partial charge in [-0.25, -0.2) is 4.98 Å². The van der Waals surface area contributed by atoms with Gasteiger partial charge in [0.1, 0.15) is 5.82 Å². The molecular weight excluding hydrogens is 270 g/mol. The van der Waals surface area contributed by atoms with Gasteiger partial charge in [0.2, 0.25) is 0 Å². The van der Waals surface area contributed by atoms with E-state index in [1.54, 1.807) is 13.1 Å². The Morgan fingerprint density at radius 2 is 2.25 bits per heavy atom. The summed E-state index contributed by atoms with van der Waals surface area (Å²) in [6.45, 7) is 6.01. The van der Waals surface area contributed by atoms with Gasteiger partial charge in [-0.05, 0) is 41.4 Å². The molecular formula is C11H18BrN3O. The van der Waals surface area contributed by atoms with Crippen molar-refractivity contribution in [1.29, 1.82) is 0 Å². The van der Waals surface area contributed by atoms with Gasteiger partial charge in [-0.15, -0.1) is 0 Å². The lowest BCUT2D eigenvalue weighted by Crippen LogP contribution is -2.29. The SMILES string of the molecule is Cc1cc(NCCNCC(C)O)ncc1Br. The van der Waals surface area contributed by atoms with Gasteiger partial charge in [0, 0.05) is 30.3 Å². The first-order valence-electron chi connectivity index (χ1n) is 5.34. The second-order valence-corrected chi connectivity index (χ2v) is 4.65. The van der Waals surface area contributed by atoms with Gasteiger partial charge in [-0.2, -0.15) is 0 Å². The number of aromatic nitrogens is 1. The largest absolute Gasteiger partial charge is 0.392 e. The number of aliphatic hydroxyl groups excluding tert-OH is 1. The summed E-state index contributed by atoms with van der Waals surface area (Å²) in [7, 11) is 0. The standard InChI is InChI=1S/C11H18BrN3O/c1-8-5-11(15-7-10(8)12)14-4-3-13-6-9(2)16/h5,7,9,13,16H,3-4,6H2,1-2H3,(H,14,15). The molecule has 0 amide bonds. The highest BCUT2D eigenvalue weighted by molar-refractivity contribution is 9.10. The van der Waals surface area contributed by atoms with Crippen LogP contribution in [0, 0.1) is 6.92 Å². The van der Waals surface area contributed by atoms with Crippen molar-refractivity contribution in [2.75, 3.05) is 25.0 Å². The zero-order valence-corrected chi connectivity index (χ0v) is 11.2. The number of hydrogen-bond donors (Lipinski definition) is 3. The van der Waals surface area contributed by atoms with Crippen LogP contribution < -0.4 is 10.6 Å². The van der Waals surface area contributed by atoms with Gasteiger partial charge in [0.25, 0.3) is 0 Å². The summed E-state index contributed by atoms with van der Waals surface area (Å²) in [5.74, 6) is 0.875. The fourth-order valence-corrected chi connectivity index (χ4v) is 1.44. The van der Waals surface area contributed by atoms with Crippen molar-refractivity contribution >= 4 is 21.7 Å². The Morgan fingerprint density at radius 1 is 1.50 bits per heavy atom. The Morgan fingerprint density at radius 3 is 2.88 bits per heavy atom. The van der Waals surface area contributed by atoms with Crippen LogP contribution in [0.15, 0.2) is 16.7 Å². The van der Waals surface area contributed by atoms with Crippen molar-refractivity contribution in [3.8, 4) is 0 Å². The maximum absolute atomic E-state index is 9.04. The minimum Gasteiger partial charge on any atom is -0.392 e. The molecule has 0 bridgehead atoms. The first kappa shape index (κ1) is 13.4. The van der Waals surface area contributed by atoms with E-state index in [1.807, 2.05) is 13.0 Å². The number of rotatable bonds is 6. The Kier molecular flexibility index (Phi) is 5.73. The summed E-state index contributed by atoms with van der Waals surface area (Å²) in [5.41, 5.74) is 1.16. The van der Waals surface area contributed by atoms with E-state index >= 15 is 0 Å². The van der Waals surface area contributed by atoms with Crippen LogP contribution in [-0.2, 0) is 0 Å². The van der Waals surface area contributed by atoms with E-state index in [0.29, 0.717) is 6.54 Å². The minimum absolute atomic E-state index is 0.298. The second-order valence-electron chi connectivity index (χ2n) is 3.80. The molecule has 0 spiro atoms. The fourth-order valence-electron chi connectivity index (χ4n) is 1.23. The highest BCUT2D eigenvalue weighted by Gasteiger charge is 1.98. The molecule has 0 aliphatic rings. The number of halogens is 1. The molecule has 90 valence electrons. The molecule has 1 aromatic heterocycles. The zero-order chi connectivity index (χ0) is 12.0. The molecule has 5 heteroatoms. The minimum atomic E-state index is -0.298.